The van der Waals surface area contributed by atoms with Gasteiger partial charge in [-0.25, -0.2) is 4.79 Å². The molecule has 16 heavy (non-hydrogen) atoms. The van der Waals surface area contributed by atoms with Crippen LogP contribution >= 0.6 is 0 Å². The highest BCUT2D eigenvalue weighted by molar-refractivity contribution is 5.88. The molecule has 1 aromatic rings. The number of hydrogen-bond donors (Lipinski definition) is 1. The Morgan fingerprint density at radius 1 is 1.38 bits per heavy atom. The summed E-state index contributed by atoms with van der Waals surface area (Å²) >= 11 is 0. The van der Waals surface area contributed by atoms with Gasteiger partial charge < -0.3 is 14.8 Å². The minimum atomic E-state index is -0.377. The number of benzene rings is 1. The van der Waals surface area contributed by atoms with Crippen LogP contribution in [-0.2, 0) is 9.53 Å². The lowest BCUT2D eigenvalue weighted by Gasteiger charge is -2.07. The van der Waals surface area contributed by atoms with Crippen LogP contribution in [0.1, 0.15) is 5.56 Å². The number of nitrogens with one attached hydrogen (secondary N) is 1. The van der Waals surface area contributed by atoms with Crippen LogP contribution in [0.4, 0.5) is 5.69 Å². The Kier molecular flexibility index (Phi) is 4.39. The maximum Gasteiger partial charge on any atom is 0.330 e. The van der Waals surface area contributed by atoms with Crippen LogP contribution in [0.2, 0.25) is 0 Å². The summed E-state index contributed by atoms with van der Waals surface area (Å²) in [6.45, 7) is 0. The first-order valence-corrected chi connectivity index (χ1v) is 4.83. The third-order valence-corrected chi connectivity index (χ3v) is 2.13. The summed E-state index contributed by atoms with van der Waals surface area (Å²) in [7, 11) is 4.77. The fraction of sp³-hybridized carbons (Fsp3) is 0.250. The third-order valence-electron chi connectivity index (χ3n) is 2.13. The van der Waals surface area contributed by atoms with E-state index in [0.29, 0.717) is 0 Å². The van der Waals surface area contributed by atoms with Gasteiger partial charge in [0.1, 0.15) is 5.75 Å². The van der Waals surface area contributed by atoms with Crippen molar-refractivity contribution in [1.29, 1.82) is 0 Å². The van der Waals surface area contributed by atoms with Gasteiger partial charge in [-0.15, -0.1) is 0 Å². The molecule has 1 N–H and O–H groups in total. The van der Waals surface area contributed by atoms with Gasteiger partial charge in [0.2, 0.25) is 0 Å². The van der Waals surface area contributed by atoms with Crippen LogP contribution in [0.5, 0.6) is 5.75 Å². The van der Waals surface area contributed by atoms with E-state index in [1.165, 1.54) is 13.2 Å². The van der Waals surface area contributed by atoms with Crippen molar-refractivity contribution in [2.45, 2.75) is 0 Å². The van der Waals surface area contributed by atoms with Crippen LogP contribution in [0.3, 0.4) is 0 Å². The van der Waals surface area contributed by atoms with Gasteiger partial charge in [0, 0.05) is 24.9 Å². The smallest absolute Gasteiger partial charge is 0.330 e. The molecule has 0 saturated carbocycles. The standard InChI is InChI=1S/C12H15NO3/c1-13-11-8-10(15-2)6-4-9(11)5-7-12(14)16-3/h4-8,13H,1-3H3/b7-5+. The Morgan fingerprint density at radius 3 is 2.69 bits per heavy atom. The average Bonchev–Trinajstić information content (AvgIpc) is 2.35. The normalized spacial score (nSPS) is 10.2. The Morgan fingerprint density at radius 2 is 2.12 bits per heavy atom. The summed E-state index contributed by atoms with van der Waals surface area (Å²) in [4.78, 5) is 11.0. The van der Waals surface area contributed by atoms with E-state index < -0.39 is 0 Å². The number of esters is 1. The second-order valence-corrected chi connectivity index (χ2v) is 3.06. The van der Waals surface area contributed by atoms with E-state index in [0.717, 1.165) is 17.0 Å². The van der Waals surface area contributed by atoms with E-state index in [9.17, 15) is 4.79 Å². The molecule has 1 aromatic carbocycles. The van der Waals surface area contributed by atoms with Gasteiger partial charge in [0.05, 0.1) is 14.2 Å². The van der Waals surface area contributed by atoms with Crippen LogP contribution in [0.25, 0.3) is 6.08 Å². The van der Waals surface area contributed by atoms with E-state index in [1.807, 2.05) is 25.2 Å². The van der Waals surface area contributed by atoms with Crippen LogP contribution in [0.15, 0.2) is 24.3 Å². The zero-order valence-corrected chi connectivity index (χ0v) is 9.61. The highest BCUT2D eigenvalue weighted by Gasteiger charge is 2.00. The fourth-order valence-electron chi connectivity index (χ4n) is 1.25. The molecule has 0 aliphatic rings. The van der Waals surface area contributed by atoms with E-state index in [4.69, 9.17) is 4.74 Å². The van der Waals surface area contributed by atoms with Crippen LogP contribution in [-0.4, -0.2) is 27.2 Å². The number of rotatable bonds is 4. The molecule has 1 rings (SSSR count). The number of carbonyl (C=O) groups excluding carboxylic acids is 1. The summed E-state index contributed by atoms with van der Waals surface area (Å²) in [5.41, 5.74) is 1.79. The molecule has 0 aliphatic carbocycles. The molecule has 0 aromatic heterocycles. The monoisotopic (exact) mass is 221 g/mol. The van der Waals surface area contributed by atoms with Gasteiger partial charge in [-0.3, -0.25) is 0 Å². The first-order valence-electron chi connectivity index (χ1n) is 4.83. The zero-order chi connectivity index (χ0) is 12.0. The van der Waals surface area contributed by atoms with Crippen LogP contribution < -0.4 is 10.1 Å². The van der Waals surface area contributed by atoms with Gasteiger partial charge >= 0.3 is 5.97 Å². The summed E-state index contributed by atoms with van der Waals surface area (Å²) in [6.07, 6.45) is 3.07. The Bertz CT molecular complexity index is 399. The van der Waals surface area contributed by atoms with Crippen molar-refractivity contribution in [3.05, 3.63) is 29.8 Å². The summed E-state index contributed by atoms with van der Waals surface area (Å²) in [5.74, 6) is 0.387. The SMILES string of the molecule is CNc1cc(OC)ccc1/C=C/C(=O)OC. The topological polar surface area (TPSA) is 47.6 Å². The maximum atomic E-state index is 11.0. The molecule has 0 fully saturated rings. The first kappa shape index (κ1) is 12.1. The van der Waals surface area contributed by atoms with Gasteiger partial charge in [-0.2, -0.15) is 0 Å². The molecule has 0 aliphatic heterocycles. The minimum Gasteiger partial charge on any atom is -0.497 e. The number of hydrogen-bond acceptors (Lipinski definition) is 4. The summed E-state index contributed by atoms with van der Waals surface area (Å²) < 4.78 is 9.62. The average molecular weight is 221 g/mol. The van der Waals surface area contributed by atoms with Gasteiger partial charge in [0.15, 0.2) is 0 Å². The highest BCUT2D eigenvalue weighted by atomic mass is 16.5. The molecule has 0 saturated heterocycles. The lowest BCUT2D eigenvalue weighted by Crippen LogP contribution is -1.95. The van der Waals surface area contributed by atoms with Crippen molar-refractivity contribution in [2.24, 2.45) is 0 Å². The molecule has 0 heterocycles. The Hall–Kier alpha value is -1.97. The summed E-state index contributed by atoms with van der Waals surface area (Å²) in [6, 6.07) is 5.55. The quantitative estimate of drug-likeness (QED) is 0.623. The van der Waals surface area contributed by atoms with Crippen LogP contribution in [0, 0.1) is 0 Å². The highest BCUT2D eigenvalue weighted by Crippen LogP contribution is 2.23. The molecular formula is C12H15NO3. The van der Waals surface area contributed by atoms with Gasteiger partial charge in [-0.05, 0) is 23.8 Å². The minimum absolute atomic E-state index is 0.377. The molecule has 0 amide bonds. The van der Waals surface area contributed by atoms with Crippen molar-refractivity contribution in [3.63, 3.8) is 0 Å². The fourth-order valence-corrected chi connectivity index (χ4v) is 1.25. The predicted molar refractivity (Wildman–Crippen MR) is 63.6 cm³/mol. The maximum absolute atomic E-state index is 11.0. The van der Waals surface area contributed by atoms with E-state index in [1.54, 1.807) is 13.2 Å². The molecule has 0 radical (unpaired) electrons. The van der Waals surface area contributed by atoms with Gasteiger partial charge in [0.25, 0.3) is 0 Å². The molecule has 4 heteroatoms. The molecule has 0 spiro atoms. The van der Waals surface area contributed by atoms with E-state index >= 15 is 0 Å². The second-order valence-electron chi connectivity index (χ2n) is 3.06. The molecule has 0 bridgehead atoms. The van der Waals surface area contributed by atoms with Crippen molar-refractivity contribution >= 4 is 17.7 Å². The number of methoxy groups -OCH3 is 2. The summed E-state index contributed by atoms with van der Waals surface area (Å²) in [5, 5.41) is 3.03. The largest absolute Gasteiger partial charge is 0.497 e. The van der Waals surface area contributed by atoms with Crippen molar-refractivity contribution in [2.75, 3.05) is 26.6 Å². The van der Waals surface area contributed by atoms with Crippen molar-refractivity contribution < 1.29 is 14.3 Å². The number of ether oxygens (including phenoxy) is 2. The number of anilines is 1. The first-order chi connectivity index (χ1) is 7.71. The zero-order valence-electron chi connectivity index (χ0n) is 9.61. The number of carbonyl (C=O) groups is 1. The molecule has 4 nitrogen and oxygen atoms in total. The molecule has 86 valence electrons. The van der Waals surface area contributed by atoms with E-state index in [-0.39, 0.29) is 5.97 Å². The third kappa shape index (κ3) is 3.02. The van der Waals surface area contributed by atoms with E-state index in [2.05, 4.69) is 10.1 Å². The molecule has 0 unspecified atom stereocenters. The van der Waals surface area contributed by atoms with Crippen molar-refractivity contribution in [3.8, 4) is 5.75 Å². The Labute approximate surface area is 94.9 Å². The second kappa shape index (κ2) is 5.80. The lowest BCUT2D eigenvalue weighted by atomic mass is 10.1. The molecule has 0 atom stereocenters. The van der Waals surface area contributed by atoms with Crippen molar-refractivity contribution in [1.82, 2.24) is 0 Å². The predicted octanol–water partition coefficient (Wildman–Crippen LogP) is 1.92. The lowest BCUT2D eigenvalue weighted by molar-refractivity contribution is -0.134. The Balaban J connectivity index is 2.95. The molecular weight excluding hydrogens is 206 g/mol. The van der Waals surface area contributed by atoms with Gasteiger partial charge in [-0.1, -0.05) is 0 Å².